The van der Waals surface area contributed by atoms with Gasteiger partial charge in [-0.15, -0.1) is 0 Å². The Hall–Kier alpha value is -0.860. The van der Waals surface area contributed by atoms with E-state index in [2.05, 4.69) is 18.7 Å². The Labute approximate surface area is 88.1 Å². The third-order valence-electron chi connectivity index (χ3n) is 2.46. The first-order chi connectivity index (χ1) is 6.63. The Balaban J connectivity index is 4.16. The number of nitrogens with zero attached hydrogens (tertiary/aromatic N) is 1. The normalized spacial score (nSPS) is 9.93. The van der Waals surface area contributed by atoms with Crippen molar-refractivity contribution in [1.82, 2.24) is 4.90 Å². The van der Waals surface area contributed by atoms with Crippen molar-refractivity contribution in [2.45, 2.75) is 46.5 Å². The fraction of sp³-hybridized carbons (Fsp3) is 0.818. The molecule has 0 amide bonds. The van der Waals surface area contributed by atoms with Crippen LogP contribution in [0.25, 0.3) is 0 Å². The van der Waals surface area contributed by atoms with E-state index in [1.54, 1.807) is 0 Å². The molecule has 0 rings (SSSR count). The van der Waals surface area contributed by atoms with Crippen LogP contribution in [-0.2, 0) is 0 Å². The van der Waals surface area contributed by atoms with E-state index >= 15 is 0 Å². The molecule has 0 aromatic rings. The van der Waals surface area contributed by atoms with Crippen molar-refractivity contribution in [2.24, 2.45) is 11.5 Å². The minimum atomic E-state index is 0.456. The van der Waals surface area contributed by atoms with E-state index in [1.807, 2.05) is 6.92 Å². The first-order valence-corrected chi connectivity index (χ1v) is 5.60. The summed E-state index contributed by atoms with van der Waals surface area (Å²) < 4.78 is 0. The van der Waals surface area contributed by atoms with Crippen molar-refractivity contribution in [3.63, 3.8) is 0 Å². The molecule has 4 N–H and O–H groups in total. The zero-order valence-corrected chi connectivity index (χ0v) is 9.84. The van der Waals surface area contributed by atoms with Gasteiger partial charge in [-0.25, -0.2) is 0 Å². The predicted molar refractivity (Wildman–Crippen MR) is 62.5 cm³/mol. The minimum absolute atomic E-state index is 0.456. The van der Waals surface area contributed by atoms with Gasteiger partial charge in [0.15, 0.2) is 0 Å². The molecule has 0 radical (unpaired) electrons. The molecule has 0 aromatic heterocycles. The van der Waals surface area contributed by atoms with Gasteiger partial charge < -0.3 is 16.4 Å². The maximum absolute atomic E-state index is 5.60. The largest absolute Gasteiger partial charge is 0.384 e. The quantitative estimate of drug-likeness (QED) is 0.659. The number of nitrogens with two attached hydrogens (primary N) is 2. The molecular formula is C11H25N3. The first kappa shape index (κ1) is 13.1. The first-order valence-electron chi connectivity index (χ1n) is 5.60. The molecule has 0 bridgehead atoms. The number of rotatable bonds is 7. The van der Waals surface area contributed by atoms with Crippen LogP contribution in [0, 0.1) is 0 Å². The molecule has 0 atom stereocenters. The summed E-state index contributed by atoms with van der Waals surface area (Å²) in [6, 6.07) is 0. The number of unbranched alkanes of at least 4 members (excludes halogenated alkanes) is 2. The van der Waals surface area contributed by atoms with Gasteiger partial charge in [0.1, 0.15) is 5.82 Å². The average molecular weight is 199 g/mol. The van der Waals surface area contributed by atoms with Gasteiger partial charge in [-0.3, -0.25) is 0 Å². The van der Waals surface area contributed by atoms with Gasteiger partial charge in [0, 0.05) is 13.1 Å². The van der Waals surface area contributed by atoms with Crippen LogP contribution in [-0.4, -0.2) is 18.0 Å². The van der Waals surface area contributed by atoms with Crippen LogP contribution in [0.2, 0.25) is 0 Å². The zero-order chi connectivity index (χ0) is 11.0. The monoisotopic (exact) mass is 199 g/mol. The van der Waals surface area contributed by atoms with Crippen molar-refractivity contribution < 1.29 is 0 Å². The Kier molecular flexibility index (Phi) is 7.07. The lowest BCUT2D eigenvalue weighted by atomic mass is 10.2. The smallest absolute Gasteiger partial charge is 0.113 e. The van der Waals surface area contributed by atoms with Gasteiger partial charge in [0.2, 0.25) is 0 Å². The second kappa shape index (κ2) is 7.54. The molecule has 0 fully saturated rings. The number of allylic oxidation sites excluding steroid dienone is 1. The second-order valence-corrected chi connectivity index (χ2v) is 3.73. The molecule has 84 valence electrons. The minimum Gasteiger partial charge on any atom is -0.384 e. The number of hydrogen-bond acceptors (Lipinski definition) is 3. The summed E-state index contributed by atoms with van der Waals surface area (Å²) in [5, 5.41) is 0. The molecule has 0 saturated heterocycles. The summed E-state index contributed by atoms with van der Waals surface area (Å²) in [5.74, 6) is 0.456. The highest BCUT2D eigenvalue weighted by molar-refractivity contribution is 5.03. The molecule has 3 heteroatoms. The van der Waals surface area contributed by atoms with E-state index in [4.69, 9.17) is 11.5 Å². The van der Waals surface area contributed by atoms with Crippen molar-refractivity contribution in [3.8, 4) is 0 Å². The van der Waals surface area contributed by atoms with Gasteiger partial charge in [-0.2, -0.15) is 0 Å². The highest BCUT2D eigenvalue weighted by Gasteiger charge is 2.06. The van der Waals surface area contributed by atoms with Gasteiger partial charge in [-0.05, 0) is 19.8 Å². The van der Waals surface area contributed by atoms with E-state index in [1.165, 1.54) is 25.7 Å². The lowest BCUT2D eigenvalue weighted by Gasteiger charge is -2.25. The van der Waals surface area contributed by atoms with E-state index in [9.17, 15) is 0 Å². The van der Waals surface area contributed by atoms with Crippen LogP contribution in [0.15, 0.2) is 11.5 Å². The van der Waals surface area contributed by atoms with E-state index in [0.29, 0.717) is 5.82 Å². The highest BCUT2D eigenvalue weighted by atomic mass is 15.1. The van der Waals surface area contributed by atoms with Crippen molar-refractivity contribution in [3.05, 3.63) is 11.5 Å². The average Bonchev–Trinajstić information content (AvgIpc) is 2.17. The van der Waals surface area contributed by atoms with Gasteiger partial charge in [0.05, 0.1) is 5.70 Å². The molecule has 0 unspecified atom stereocenters. The maximum Gasteiger partial charge on any atom is 0.113 e. The topological polar surface area (TPSA) is 55.3 Å². The molecule has 0 saturated carbocycles. The van der Waals surface area contributed by atoms with Crippen LogP contribution in [0.4, 0.5) is 0 Å². The summed E-state index contributed by atoms with van der Waals surface area (Å²) in [6.45, 7) is 8.53. The summed E-state index contributed by atoms with van der Waals surface area (Å²) in [6.07, 6.45) is 4.82. The van der Waals surface area contributed by atoms with Gasteiger partial charge in [-0.1, -0.05) is 26.7 Å². The predicted octanol–water partition coefficient (Wildman–Crippen LogP) is 1.99. The maximum atomic E-state index is 5.60. The Morgan fingerprint density at radius 2 is 1.43 bits per heavy atom. The Morgan fingerprint density at radius 1 is 1.00 bits per heavy atom. The molecule has 3 nitrogen and oxygen atoms in total. The molecule has 0 heterocycles. The van der Waals surface area contributed by atoms with Crippen molar-refractivity contribution in [1.29, 1.82) is 0 Å². The molecular weight excluding hydrogens is 174 g/mol. The van der Waals surface area contributed by atoms with Crippen LogP contribution < -0.4 is 11.5 Å². The molecule has 0 aliphatic heterocycles. The summed E-state index contributed by atoms with van der Waals surface area (Å²) >= 11 is 0. The van der Waals surface area contributed by atoms with Crippen molar-refractivity contribution in [2.75, 3.05) is 13.1 Å². The Morgan fingerprint density at radius 3 is 1.71 bits per heavy atom. The van der Waals surface area contributed by atoms with Crippen LogP contribution in [0.1, 0.15) is 46.5 Å². The summed E-state index contributed by atoms with van der Waals surface area (Å²) in [4.78, 5) is 2.29. The van der Waals surface area contributed by atoms with E-state index < -0.39 is 0 Å². The van der Waals surface area contributed by atoms with Crippen molar-refractivity contribution >= 4 is 0 Å². The highest BCUT2D eigenvalue weighted by Crippen LogP contribution is 2.08. The summed E-state index contributed by atoms with van der Waals surface area (Å²) in [5.41, 5.74) is 12.2. The van der Waals surface area contributed by atoms with Crippen LogP contribution >= 0.6 is 0 Å². The second-order valence-electron chi connectivity index (χ2n) is 3.73. The molecule has 0 aliphatic carbocycles. The Bertz CT molecular complexity index is 163. The van der Waals surface area contributed by atoms with E-state index in [0.717, 1.165) is 18.8 Å². The number of hydrogen-bond donors (Lipinski definition) is 2. The third-order valence-corrected chi connectivity index (χ3v) is 2.46. The van der Waals surface area contributed by atoms with Crippen LogP contribution in [0.3, 0.4) is 0 Å². The lowest BCUT2D eigenvalue weighted by Crippen LogP contribution is -2.28. The molecule has 0 aliphatic rings. The van der Waals surface area contributed by atoms with Gasteiger partial charge in [0.25, 0.3) is 0 Å². The van der Waals surface area contributed by atoms with Crippen LogP contribution in [0.5, 0.6) is 0 Å². The molecule has 14 heavy (non-hydrogen) atoms. The fourth-order valence-electron chi connectivity index (χ4n) is 1.33. The zero-order valence-electron chi connectivity index (χ0n) is 9.84. The molecule has 0 spiro atoms. The lowest BCUT2D eigenvalue weighted by molar-refractivity contribution is 0.328. The molecule has 0 aromatic carbocycles. The summed E-state index contributed by atoms with van der Waals surface area (Å²) in [7, 11) is 0. The standard InChI is InChI=1S/C11H25N3/c1-4-6-8-14(9-7-5-2)10(3)11(12)13/h4-9,12-13H2,1-3H3. The van der Waals surface area contributed by atoms with Gasteiger partial charge >= 0.3 is 0 Å². The SMILES string of the molecule is CCCCN(CCCC)C(C)=C(N)N. The fourth-order valence-corrected chi connectivity index (χ4v) is 1.33. The third kappa shape index (κ3) is 5.00. The van der Waals surface area contributed by atoms with E-state index in [-0.39, 0.29) is 0 Å².